The van der Waals surface area contributed by atoms with Crippen LogP contribution in [0.2, 0.25) is 0 Å². The summed E-state index contributed by atoms with van der Waals surface area (Å²) in [5.74, 6) is 1.60. The minimum Gasteiger partial charge on any atom is -0.497 e. The lowest BCUT2D eigenvalue weighted by Gasteiger charge is -2.35. The van der Waals surface area contributed by atoms with Gasteiger partial charge in [0.05, 0.1) is 26.4 Å². The van der Waals surface area contributed by atoms with Gasteiger partial charge in [-0.25, -0.2) is 0 Å². The number of hydrogen-bond acceptors (Lipinski definition) is 5. The number of morpholine rings is 1. The molecule has 0 spiro atoms. The molecule has 0 bridgehead atoms. The van der Waals surface area contributed by atoms with Crippen LogP contribution in [0.25, 0.3) is 0 Å². The first-order valence-corrected chi connectivity index (χ1v) is 10.5. The summed E-state index contributed by atoms with van der Waals surface area (Å²) in [4.78, 5) is 18.7. The fourth-order valence-corrected chi connectivity index (χ4v) is 3.21. The zero-order valence-electron chi connectivity index (χ0n) is 19.4. The van der Waals surface area contributed by atoms with E-state index in [9.17, 15) is 4.79 Å². The van der Waals surface area contributed by atoms with Gasteiger partial charge in [-0.15, -0.1) is 24.0 Å². The van der Waals surface area contributed by atoms with Crippen LogP contribution in [0.3, 0.4) is 0 Å². The molecule has 1 unspecified atom stereocenters. The van der Waals surface area contributed by atoms with Crippen molar-refractivity contribution >= 4 is 35.8 Å². The van der Waals surface area contributed by atoms with Crippen LogP contribution in [0.1, 0.15) is 32.4 Å². The van der Waals surface area contributed by atoms with Crippen LogP contribution in [0.15, 0.2) is 29.3 Å². The van der Waals surface area contributed by atoms with Gasteiger partial charge in [-0.1, -0.05) is 32.9 Å². The summed E-state index contributed by atoms with van der Waals surface area (Å²) < 4.78 is 10.8. The molecule has 1 saturated heterocycles. The van der Waals surface area contributed by atoms with Crippen molar-refractivity contribution in [1.82, 2.24) is 20.9 Å². The molecule has 1 fully saturated rings. The molecule has 8 nitrogen and oxygen atoms in total. The zero-order valence-corrected chi connectivity index (χ0v) is 21.7. The Morgan fingerprint density at radius 1 is 1.13 bits per heavy atom. The molecule has 0 aliphatic carbocycles. The van der Waals surface area contributed by atoms with E-state index < -0.39 is 0 Å². The van der Waals surface area contributed by atoms with Gasteiger partial charge in [-0.2, -0.15) is 0 Å². The number of amides is 1. The van der Waals surface area contributed by atoms with E-state index in [0.717, 1.165) is 32.1 Å². The molecule has 1 heterocycles. The van der Waals surface area contributed by atoms with Gasteiger partial charge in [0, 0.05) is 45.2 Å². The maximum atomic E-state index is 12.0. The predicted octanol–water partition coefficient (Wildman–Crippen LogP) is 2.01. The first-order chi connectivity index (χ1) is 14.3. The van der Waals surface area contributed by atoms with Crippen molar-refractivity contribution in [2.24, 2.45) is 10.4 Å². The van der Waals surface area contributed by atoms with Crippen LogP contribution in [0.4, 0.5) is 0 Å². The Morgan fingerprint density at radius 3 is 2.29 bits per heavy atom. The summed E-state index contributed by atoms with van der Waals surface area (Å²) in [6, 6.07) is 8.40. The summed E-state index contributed by atoms with van der Waals surface area (Å²) >= 11 is 0. The molecule has 0 saturated carbocycles. The average molecular weight is 547 g/mol. The number of nitrogens with one attached hydrogen (secondary N) is 3. The van der Waals surface area contributed by atoms with Crippen molar-refractivity contribution in [3.8, 4) is 5.75 Å². The molecule has 1 aliphatic rings. The van der Waals surface area contributed by atoms with Crippen molar-refractivity contribution in [3.63, 3.8) is 0 Å². The second-order valence-electron chi connectivity index (χ2n) is 8.32. The smallest absolute Gasteiger partial charge is 0.225 e. The second-order valence-corrected chi connectivity index (χ2v) is 8.32. The molecule has 1 atom stereocenters. The van der Waals surface area contributed by atoms with Crippen LogP contribution in [-0.4, -0.2) is 76.9 Å². The molecular weight excluding hydrogens is 509 g/mol. The lowest BCUT2D eigenvalue weighted by atomic mass is 9.96. The summed E-state index contributed by atoms with van der Waals surface area (Å²) in [6.45, 7) is 10.8. The molecular formula is C22H38IN5O3. The van der Waals surface area contributed by atoms with Crippen LogP contribution >= 0.6 is 24.0 Å². The molecule has 31 heavy (non-hydrogen) atoms. The molecule has 3 N–H and O–H groups in total. The van der Waals surface area contributed by atoms with Crippen LogP contribution in [0, 0.1) is 5.41 Å². The number of halogens is 1. The van der Waals surface area contributed by atoms with Crippen molar-refractivity contribution in [2.45, 2.75) is 26.8 Å². The number of benzene rings is 1. The molecule has 1 aliphatic heterocycles. The number of ether oxygens (including phenoxy) is 2. The molecule has 1 aromatic carbocycles. The second kappa shape index (κ2) is 13.7. The van der Waals surface area contributed by atoms with Gasteiger partial charge in [0.15, 0.2) is 5.96 Å². The number of guanidine groups is 1. The number of nitrogens with zero attached hydrogens (tertiary/aromatic N) is 2. The van der Waals surface area contributed by atoms with Crippen molar-refractivity contribution in [2.75, 3.05) is 60.1 Å². The predicted molar refractivity (Wildman–Crippen MR) is 135 cm³/mol. The van der Waals surface area contributed by atoms with Gasteiger partial charge in [0.25, 0.3) is 0 Å². The Balaban J connectivity index is 0.00000480. The van der Waals surface area contributed by atoms with Crippen LogP contribution < -0.4 is 20.7 Å². The van der Waals surface area contributed by atoms with Gasteiger partial charge in [0.2, 0.25) is 5.91 Å². The normalized spacial score (nSPS) is 16.1. The van der Waals surface area contributed by atoms with E-state index in [1.165, 1.54) is 5.56 Å². The molecule has 0 aromatic heterocycles. The van der Waals surface area contributed by atoms with Crippen molar-refractivity contribution < 1.29 is 14.3 Å². The third-order valence-corrected chi connectivity index (χ3v) is 5.06. The highest BCUT2D eigenvalue weighted by Crippen LogP contribution is 2.23. The Morgan fingerprint density at radius 2 is 1.74 bits per heavy atom. The average Bonchev–Trinajstić information content (AvgIpc) is 2.75. The van der Waals surface area contributed by atoms with E-state index >= 15 is 0 Å². The van der Waals surface area contributed by atoms with Gasteiger partial charge in [-0.05, 0) is 17.7 Å². The summed E-state index contributed by atoms with van der Waals surface area (Å²) in [5, 5.41) is 9.63. The zero-order chi connectivity index (χ0) is 22.0. The quantitative estimate of drug-likeness (QED) is 0.200. The fourth-order valence-electron chi connectivity index (χ4n) is 3.21. The highest BCUT2D eigenvalue weighted by atomic mass is 127. The Hall–Kier alpha value is -1.59. The molecule has 2 rings (SSSR count). The molecule has 1 aromatic rings. The SMILES string of the molecule is CN=C(NCCNC(=O)C(C)(C)C)NCC(c1ccc(OC)cc1)N1CCOCC1.I. The van der Waals surface area contributed by atoms with Gasteiger partial charge in [-0.3, -0.25) is 14.7 Å². The van der Waals surface area contributed by atoms with Gasteiger partial charge >= 0.3 is 0 Å². The number of carbonyl (C=O) groups excluding carboxylic acids is 1. The lowest BCUT2D eigenvalue weighted by Crippen LogP contribution is -2.47. The standard InChI is InChI=1S/C22H37N5O3.HI/c1-22(2,3)20(28)24-10-11-25-21(23-4)26-16-19(27-12-14-30-15-13-27)17-6-8-18(29-5)9-7-17;/h6-9,19H,10-16H2,1-5H3,(H,24,28)(H2,23,25,26);1H. The molecule has 0 radical (unpaired) electrons. The Labute approximate surface area is 203 Å². The number of carbonyl (C=O) groups is 1. The number of methoxy groups -OCH3 is 1. The minimum absolute atomic E-state index is 0. The Kier molecular flexibility index (Phi) is 12.2. The van der Waals surface area contributed by atoms with E-state index in [2.05, 4.69) is 38.0 Å². The summed E-state index contributed by atoms with van der Waals surface area (Å²) in [5.41, 5.74) is 0.835. The molecule has 176 valence electrons. The van der Waals surface area contributed by atoms with E-state index in [1.54, 1.807) is 14.2 Å². The summed E-state index contributed by atoms with van der Waals surface area (Å²) in [6.07, 6.45) is 0. The van der Waals surface area contributed by atoms with E-state index in [4.69, 9.17) is 9.47 Å². The summed E-state index contributed by atoms with van der Waals surface area (Å²) in [7, 11) is 3.43. The Bertz CT molecular complexity index is 685. The molecule has 1 amide bonds. The topological polar surface area (TPSA) is 87.2 Å². The number of rotatable bonds is 8. The maximum absolute atomic E-state index is 12.0. The highest BCUT2D eigenvalue weighted by molar-refractivity contribution is 14.0. The highest BCUT2D eigenvalue weighted by Gasteiger charge is 2.23. The van der Waals surface area contributed by atoms with E-state index in [0.29, 0.717) is 25.6 Å². The van der Waals surface area contributed by atoms with Crippen molar-refractivity contribution in [1.29, 1.82) is 0 Å². The van der Waals surface area contributed by atoms with Gasteiger partial charge in [0.1, 0.15) is 5.75 Å². The monoisotopic (exact) mass is 547 g/mol. The molecule has 9 heteroatoms. The first-order valence-electron chi connectivity index (χ1n) is 10.5. The minimum atomic E-state index is -0.385. The largest absolute Gasteiger partial charge is 0.497 e. The fraction of sp³-hybridized carbons (Fsp3) is 0.636. The van der Waals surface area contributed by atoms with E-state index in [-0.39, 0.29) is 41.3 Å². The number of aliphatic imine (C=N–C) groups is 1. The first kappa shape index (κ1) is 27.4. The third kappa shape index (κ3) is 9.20. The van der Waals surface area contributed by atoms with E-state index in [1.807, 2.05) is 32.9 Å². The lowest BCUT2D eigenvalue weighted by molar-refractivity contribution is -0.128. The maximum Gasteiger partial charge on any atom is 0.225 e. The van der Waals surface area contributed by atoms with Crippen LogP contribution in [-0.2, 0) is 9.53 Å². The third-order valence-electron chi connectivity index (χ3n) is 5.06. The van der Waals surface area contributed by atoms with Crippen molar-refractivity contribution in [3.05, 3.63) is 29.8 Å². The van der Waals surface area contributed by atoms with Gasteiger partial charge < -0.3 is 25.4 Å². The van der Waals surface area contributed by atoms with Crippen LogP contribution in [0.5, 0.6) is 5.75 Å². The number of hydrogen-bond donors (Lipinski definition) is 3.